The van der Waals surface area contributed by atoms with Crippen molar-refractivity contribution in [2.24, 2.45) is 11.8 Å². The molecule has 0 aliphatic carbocycles. The molecule has 0 spiro atoms. The van der Waals surface area contributed by atoms with Gasteiger partial charge in [0.05, 0.1) is 0 Å². The van der Waals surface area contributed by atoms with Gasteiger partial charge >= 0.3 is 0 Å². The predicted molar refractivity (Wildman–Crippen MR) is 69.4 cm³/mol. The van der Waals surface area contributed by atoms with Crippen LogP contribution in [-0.2, 0) is 9.53 Å². The monoisotopic (exact) mass is 262 g/mol. The summed E-state index contributed by atoms with van der Waals surface area (Å²) < 4.78 is 5.10. The van der Waals surface area contributed by atoms with Crippen molar-refractivity contribution in [2.45, 2.75) is 25.9 Å². The number of nitrogens with zero attached hydrogens (tertiary/aromatic N) is 1. The van der Waals surface area contributed by atoms with Gasteiger partial charge in [-0.2, -0.15) is 0 Å². The summed E-state index contributed by atoms with van der Waals surface area (Å²) in [6.07, 6.45) is 1.98. The molecule has 0 saturated carbocycles. The molecule has 0 bridgehead atoms. The first kappa shape index (κ1) is 14.7. The molecule has 3 atom stereocenters. The number of fused-ring (bicyclic) bond motifs is 1. The van der Waals surface area contributed by atoms with Crippen molar-refractivity contribution >= 4 is 18.3 Å². The lowest BCUT2D eigenvalue weighted by Crippen LogP contribution is -2.39. The fourth-order valence-electron chi connectivity index (χ4n) is 2.80. The number of ether oxygens (including phenoxy) is 1. The zero-order chi connectivity index (χ0) is 11.5. The first-order valence-corrected chi connectivity index (χ1v) is 6.24. The summed E-state index contributed by atoms with van der Waals surface area (Å²) >= 11 is 0. The average Bonchev–Trinajstić information content (AvgIpc) is 2.66. The van der Waals surface area contributed by atoms with Crippen molar-refractivity contribution in [1.82, 2.24) is 10.2 Å². The van der Waals surface area contributed by atoms with Gasteiger partial charge in [-0.05, 0) is 44.7 Å². The van der Waals surface area contributed by atoms with Crippen LogP contribution in [0.15, 0.2) is 0 Å². The van der Waals surface area contributed by atoms with Crippen LogP contribution < -0.4 is 5.32 Å². The predicted octanol–water partition coefficient (Wildman–Crippen LogP) is 0.901. The van der Waals surface area contributed by atoms with E-state index >= 15 is 0 Å². The Balaban J connectivity index is 0.00000144. The number of rotatable bonds is 2. The van der Waals surface area contributed by atoms with Gasteiger partial charge in [0.2, 0.25) is 0 Å². The number of halogens is 1. The average molecular weight is 263 g/mol. The second-order valence-electron chi connectivity index (χ2n) is 4.96. The molecule has 0 aromatic carbocycles. The van der Waals surface area contributed by atoms with E-state index in [1.54, 1.807) is 7.11 Å². The molecule has 5 heteroatoms. The van der Waals surface area contributed by atoms with Crippen molar-refractivity contribution in [3.8, 4) is 0 Å². The van der Waals surface area contributed by atoms with E-state index < -0.39 is 0 Å². The highest BCUT2D eigenvalue weighted by Crippen LogP contribution is 2.27. The lowest BCUT2D eigenvalue weighted by molar-refractivity contribution is -0.140. The molecule has 1 unspecified atom stereocenters. The lowest BCUT2D eigenvalue weighted by atomic mass is 9.92. The summed E-state index contributed by atoms with van der Waals surface area (Å²) in [4.78, 5) is 14.0. The number of carbonyl (C=O) groups is 1. The fraction of sp³-hybridized carbons (Fsp3) is 0.917. The Bertz CT molecular complexity index is 249. The van der Waals surface area contributed by atoms with Crippen molar-refractivity contribution in [3.63, 3.8) is 0 Å². The van der Waals surface area contributed by atoms with Gasteiger partial charge in [0, 0.05) is 20.2 Å². The largest absolute Gasteiger partial charge is 0.372 e. The third-order valence-corrected chi connectivity index (χ3v) is 4.03. The second kappa shape index (κ2) is 6.57. The molecule has 1 amide bonds. The molecule has 2 aliphatic rings. The van der Waals surface area contributed by atoms with Crippen molar-refractivity contribution in [3.05, 3.63) is 0 Å². The third kappa shape index (κ3) is 3.33. The minimum absolute atomic E-state index is 0. The zero-order valence-electron chi connectivity index (χ0n) is 10.6. The highest BCUT2D eigenvalue weighted by Gasteiger charge is 2.32. The number of carbonyl (C=O) groups excluding carboxylic acids is 1. The summed E-state index contributed by atoms with van der Waals surface area (Å²) in [5.41, 5.74) is 0. The summed E-state index contributed by atoms with van der Waals surface area (Å²) in [5, 5.41) is 3.44. The maximum atomic E-state index is 12.0. The molecule has 0 aromatic heterocycles. The lowest BCUT2D eigenvalue weighted by Gasteiger charge is -2.23. The van der Waals surface area contributed by atoms with E-state index in [-0.39, 0.29) is 24.4 Å². The Hall–Kier alpha value is -0.320. The molecule has 0 radical (unpaired) electrons. The molecular weight excluding hydrogens is 240 g/mol. The quantitative estimate of drug-likeness (QED) is 0.804. The van der Waals surface area contributed by atoms with Crippen molar-refractivity contribution in [1.29, 1.82) is 0 Å². The van der Waals surface area contributed by atoms with Crippen LogP contribution in [0.3, 0.4) is 0 Å². The molecule has 100 valence electrons. The van der Waals surface area contributed by atoms with Gasteiger partial charge in [0.1, 0.15) is 6.10 Å². The number of likely N-dealkylation sites (tertiary alicyclic amines) is 1. The van der Waals surface area contributed by atoms with Crippen LogP contribution >= 0.6 is 12.4 Å². The Morgan fingerprint density at radius 2 is 1.82 bits per heavy atom. The van der Waals surface area contributed by atoms with Crippen LogP contribution in [0.2, 0.25) is 0 Å². The Morgan fingerprint density at radius 3 is 2.29 bits per heavy atom. The summed E-state index contributed by atoms with van der Waals surface area (Å²) in [5.74, 6) is 1.70. The Morgan fingerprint density at radius 1 is 1.29 bits per heavy atom. The molecule has 0 aromatic rings. The molecule has 2 saturated heterocycles. The van der Waals surface area contributed by atoms with Gasteiger partial charge in [-0.15, -0.1) is 12.4 Å². The number of methoxy groups -OCH3 is 1. The molecule has 2 fully saturated rings. The van der Waals surface area contributed by atoms with Crippen LogP contribution in [0.1, 0.15) is 19.8 Å². The molecule has 2 rings (SSSR count). The van der Waals surface area contributed by atoms with E-state index in [0.717, 1.165) is 50.9 Å². The SMILES string of the molecule is COC(C)C(=O)N1CC[C@@H]2CNC[C@@H]2CC1.Cl. The van der Waals surface area contributed by atoms with Gasteiger partial charge in [-0.3, -0.25) is 4.79 Å². The first-order chi connectivity index (χ1) is 7.72. The first-order valence-electron chi connectivity index (χ1n) is 6.24. The maximum Gasteiger partial charge on any atom is 0.251 e. The standard InChI is InChI=1S/C12H22N2O2.ClH/c1-9(16-2)12(15)14-5-3-10-7-13-8-11(10)4-6-14;/h9-11,13H,3-8H2,1-2H3;1H/t9?,10-,11+;. The van der Waals surface area contributed by atoms with E-state index in [2.05, 4.69) is 5.32 Å². The van der Waals surface area contributed by atoms with E-state index in [4.69, 9.17) is 4.74 Å². The maximum absolute atomic E-state index is 12.0. The molecule has 4 nitrogen and oxygen atoms in total. The highest BCUT2D eigenvalue weighted by molar-refractivity contribution is 5.85. The van der Waals surface area contributed by atoms with Crippen molar-refractivity contribution < 1.29 is 9.53 Å². The highest BCUT2D eigenvalue weighted by atomic mass is 35.5. The minimum atomic E-state index is -0.295. The second-order valence-corrected chi connectivity index (χ2v) is 4.96. The molecule has 17 heavy (non-hydrogen) atoms. The number of amides is 1. The van der Waals surface area contributed by atoms with Gasteiger partial charge in [0.15, 0.2) is 0 Å². The van der Waals surface area contributed by atoms with Crippen LogP contribution in [0.5, 0.6) is 0 Å². The third-order valence-electron chi connectivity index (χ3n) is 4.03. The van der Waals surface area contributed by atoms with Gasteiger partial charge in [0.25, 0.3) is 5.91 Å². The fourth-order valence-corrected chi connectivity index (χ4v) is 2.80. The van der Waals surface area contributed by atoms with Crippen LogP contribution in [-0.4, -0.2) is 50.2 Å². The van der Waals surface area contributed by atoms with Crippen LogP contribution in [0.4, 0.5) is 0 Å². The summed E-state index contributed by atoms with van der Waals surface area (Å²) in [7, 11) is 1.60. The number of hydrogen-bond donors (Lipinski definition) is 1. The zero-order valence-corrected chi connectivity index (χ0v) is 11.5. The summed E-state index contributed by atoms with van der Waals surface area (Å²) in [6, 6.07) is 0. The normalized spacial score (nSPS) is 30.1. The number of nitrogens with one attached hydrogen (secondary N) is 1. The Kier molecular flexibility index (Phi) is 5.70. The van der Waals surface area contributed by atoms with Crippen molar-refractivity contribution in [2.75, 3.05) is 33.3 Å². The number of hydrogen-bond acceptors (Lipinski definition) is 3. The van der Waals surface area contributed by atoms with E-state index in [9.17, 15) is 4.79 Å². The van der Waals surface area contributed by atoms with E-state index in [1.165, 1.54) is 0 Å². The van der Waals surface area contributed by atoms with Crippen LogP contribution in [0.25, 0.3) is 0 Å². The van der Waals surface area contributed by atoms with Gasteiger partial charge in [-0.25, -0.2) is 0 Å². The van der Waals surface area contributed by atoms with Gasteiger partial charge in [-0.1, -0.05) is 0 Å². The molecular formula is C12H23ClN2O2. The molecule has 2 heterocycles. The molecule has 1 N–H and O–H groups in total. The van der Waals surface area contributed by atoms with Crippen LogP contribution in [0, 0.1) is 11.8 Å². The van der Waals surface area contributed by atoms with E-state index in [1.807, 2.05) is 11.8 Å². The van der Waals surface area contributed by atoms with Gasteiger partial charge < -0.3 is 15.0 Å². The summed E-state index contributed by atoms with van der Waals surface area (Å²) in [6.45, 7) is 5.89. The smallest absolute Gasteiger partial charge is 0.251 e. The topological polar surface area (TPSA) is 41.6 Å². The molecule has 2 aliphatic heterocycles. The van der Waals surface area contributed by atoms with E-state index in [0.29, 0.717) is 0 Å². The minimum Gasteiger partial charge on any atom is -0.372 e. The Labute approximate surface area is 109 Å².